The quantitative estimate of drug-likeness (QED) is 0.834. The number of alkyl halides is 1. The van der Waals surface area contributed by atoms with Gasteiger partial charge in [-0.1, -0.05) is 12.1 Å². The second-order valence-corrected chi connectivity index (χ2v) is 4.02. The van der Waals surface area contributed by atoms with E-state index in [1.165, 1.54) is 6.92 Å². The molecule has 0 unspecified atom stereocenters. The van der Waals surface area contributed by atoms with Gasteiger partial charge in [0.1, 0.15) is 5.88 Å². The molecule has 0 fully saturated rings. The predicted octanol–water partition coefficient (Wildman–Crippen LogP) is 1.84. The molecule has 0 aliphatic rings. The van der Waals surface area contributed by atoms with Gasteiger partial charge in [0, 0.05) is 26.2 Å². The van der Waals surface area contributed by atoms with E-state index >= 15 is 0 Å². The van der Waals surface area contributed by atoms with Gasteiger partial charge in [-0.05, 0) is 17.7 Å². The molecule has 0 aliphatic carbocycles. The minimum absolute atomic E-state index is 0.000182. The molecule has 1 rings (SSSR count). The van der Waals surface area contributed by atoms with Gasteiger partial charge in [0.05, 0.1) is 0 Å². The zero-order chi connectivity index (χ0) is 12.8. The highest BCUT2D eigenvalue weighted by molar-refractivity contribution is 6.29. The van der Waals surface area contributed by atoms with E-state index < -0.39 is 0 Å². The molecule has 17 heavy (non-hydrogen) atoms. The Morgan fingerprint density at radius 2 is 2.12 bits per heavy atom. The van der Waals surface area contributed by atoms with E-state index in [0.29, 0.717) is 12.2 Å². The molecular formula is C12H15ClN2O2. The molecule has 0 aromatic heterocycles. The van der Waals surface area contributed by atoms with Crippen molar-refractivity contribution in [1.82, 2.24) is 4.90 Å². The van der Waals surface area contributed by atoms with Crippen molar-refractivity contribution in [2.75, 3.05) is 18.2 Å². The normalized spacial score (nSPS) is 9.82. The fourth-order valence-electron chi connectivity index (χ4n) is 1.33. The van der Waals surface area contributed by atoms with Crippen LogP contribution in [0.15, 0.2) is 24.3 Å². The van der Waals surface area contributed by atoms with Crippen LogP contribution in [0.25, 0.3) is 0 Å². The van der Waals surface area contributed by atoms with Crippen LogP contribution in [-0.2, 0) is 16.1 Å². The minimum Gasteiger partial charge on any atom is -0.342 e. The summed E-state index contributed by atoms with van der Waals surface area (Å²) >= 11 is 5.40. The Hall–Kier alpha value is -1.55. The molecule has 0 saturated carbocycles. The predicted molar refractivity (Wildman–Crippen MR) is 67.9 cm³/mol. The van der Waals surface area contributed by atoms with Gasteiger partial charge >= 0.3 is 0 Å². The first-order valence-electron chi connectivity index (χ1n) is 5.19. The van der Waals surface area contributed by atoms with Crippen molar-refractivity contribution in [2.45, 2.75) is 13.5 Å². The number of nitrogens with one attached hydrogen (secondary N) is 1. The standard InChI is InChI=1S/C12H15ClN2O2/c1-9(16)15(2)8-10-4-3-5-11(6-10)14-12(17)7-13/h3-6H,7-8H2,1-2H3,(H,14,17). The molecule has 0 heterocycles. The molecule has 1 aromatic carbocycles. The van der Waals surface area contributed by atoms with E-state index in [-0.39, 0.29) is 17.7 Å². The number of rotatable bonds is 4. The third-order valence-electron chi connectivity index (χ3n) is 2.29. The summed E-state index contributed by atoms with van der Waals surface area (Å²) in [4.78, 5) is 23.8. The monoisotopic (exact) mass is 254 g/mol. The summed E-state index contributed by atoms with van der Waals surface area (Å²) in [5, 5.41) is 2.66. The molecule has 1 N–H and O–H groups in total. The average Bonchev–Trinajstić information content (AvgIpc) is 2.29. The summed E-state index contributed by atoms with van der Waals surface area (Å²) in [6.07, 6.45) is 0. The Kier molecular flexibility index (Phi) is 4.97. The number of halogens is 1. The van der Waals surface area contributed by atoms with Gasteiger partial charge in [-0.15, -0.1) is 11.6 Å². The van der Waals surface area contributed by atoms with Gasteiger partial charge in [0.2, 0.25) is 11.8 Å². The first-order chi connectivity index (χ1) is 8.02. The summed E-state index contributed by atoms with van der Waals surface area (Å²) in [5.74, 6) is -0.318. The van der Waals surface area contributed by atoms with E-state index in [9.17, 15) is 9.59 Å². The van der Waals surface area contributed by atoms with Crippen molar-refractivity contribution in [3.63, 3.8) is 0 Å². The Balaban J connectivity index is 2.72. The average molecular weight is 255 g/mol. The van der Waals surface area contributed by atoms with E-state index in [1.807, 2.05) is 18.2 Å². The molecule has 0 saturated heterocycles. The highest BCUT2D eigenvalue weighted by atomic mass is 35.5. The molecule has 0 radical (unpaired) electrons. The largest absolute Gasteiger partial charge is 0.342 e. The van der Waals surface area contributed by atoms with Gasteiger partial charge in [-0.3, -0.25) is 9.59 Å². The van der Waals surface area contributed by atoms with Crippen LogP contribution in [0.1, 0.15) is 12.5 Å². The summed E-state index contributed by atoms with van der Waals surface area (Å²) in [5.41, 5.74) is 1.64. The van der Waals surface area contributed by atoms with Crippen molar-refractivity contribution in [1.29, 1.82) is 0 Å². The van der Waals surface area contributed by atoms with Crippen molar-refractivity contribution in [3.05, 3.63) is 29.8 Å². The van der Waals surface area contributed by atoms with Crippen LogP contribution < -0.4 is 5.32 Å². The van der Waals surface area contributed by atoms with Crippen LogP contribution in [0.3, 0.4) is 0 Å². The molecular weight excluding hydrogens is 240 g/mol. The fourth-order valence-corrected chi connectivity index (χ4v) is 1.39. The number of carbonyl (C=O) groups excluding carboxylic acids is 2. The highest BCUT2D eigenvalue weighted by Crippen LogP contribution is 2.12. The molecule has 4 nitrogen and oxygen atoms in total. The number of nitrogens with zero attached hydrogens (tertiary/aromatic N) is 1. The number of hydrogen-bond donors (Lipinski definition) is 1. The lowest BCUT2D eigenvalue weighted by molar-refractivity contribution is -0.128. The van der Waals surface area contributed by atoms with Gasteiger partial charge < -0.3 is 10.2 Å². The second kappa shape index (κ2) is 6.25. The molecule has 92 valence electrons. The molecule has 2 amide bonds. The molecule has 0 atom stereocenters. The Morgan fingerprint density at radius 1 is 1.41 bits per heavy atom. The molecule has 1 aromatic rings. The molecule has 0 spiro atoms. The maximum atomic E-state index is 11.1. The second-order valence-electron chi connectivity index (χ2n) is 3.76. The summed E-state index contributed by atoms with van der Waals surface area (Å²) in [6, 6.07) is 7.33. The SMILES string of the molecule is CC(=O)N(C)Cc1cccc(NC(=O)CCl)c1. The first kappa shape index (κ1) is 13.5. The number of benzene rings is 1. The van der Waals surface area contributed by atoms with Crippen LogP contribution in [0.4, 0.5) is 5.69 Å². The molecule has 5 heteroatoms. The lowest BCUT2D eigenvalue weighted by Crippen LogP contribution is -2.23. The van der Waals surface area contributed by atoms with Gasteiger partial charge in [-0.2, -0.15) is 0 Å². The third kappa shape index (κ3) is 4.44. The summed E-state index contributed by atoms with van der Waals surface area (Å²) in [6.45, 7) is 2.03. The third-order valence-corrected chi connectivity index (χ3v) is 2.53. The summed E-state index contributed by atoms with van der Waals surface area (Å²) < 4.78 is 0. The zero-order valence-corrected chi connectivity index (χ0v) is 10.6. The topological polar surface area (TPSA) is 49.4 Å². The van der Waals surface area contributed by atoms with E-state index in [0.717, 1.165) is 5.56 Å². The number of amides is 2. The summed E-state index contributed by atoms with van der Waals surface area (Å²) in [7, 11) is 1.73. The van der Waals surface area contributed by atoms with Crippen LogP contribution in [0.5, 0.6) is 0 Å². The Bertz CT molecular complexity index is 421. The van der Waals surface area contributed by atoms with Crippen LogP contribution in [0.2, 0.25) is 0 Å². The van der Waals surface area contributed by atoms with Crippen molar-refractivity contribution in [3.8, 4) is 0 Å². The van der Waals surface area contributed by atoms with Crippen LogP contribution >= 0.6 is 11.6 Å². The van der Waals surface area contributed by atoms with Gasteiger partial charge in [0.15, 0.2) is 0 Å². The fraction of sp³-hybridized carbons (Fsp3) is 0.333. The van der Waals surface area contributed by atoms with E-state index in [4.69, 9.17) is 11.6 Å². The Labute approximate surface area is 106 Å². The number of anilines is 1. The molecule has 0 aliphatic heterocycles. The van der Waals surface area contributed by atoms with Gasteiger partial charge in [-0.25, -0.2) is 0 Å². The van der Waals surface area contributed by atoms with Crippen LogP contribution in [-0.4, -0.2) is 29.6 Å². The zero-order valence-electron chi connectivity index (χ0n) is 9.87. The first-order valence-corrected chi connectivity index (χ1v) is 5.73. The number of carbonyl (C=O) groups is 2. The smallest absolute Gasteiger partial charge is 0.239 e. The molecule has 0 bridgehead atoms. The van der Waals surface area contributed by atoms with Crippen molar-refractivity contribution >= 4 is 29.1 Å². The van der Waals surface area contributed by atoms with E-state index in [2.05, 4.69) is 5.32 Å². The van der Waals surface area contributed by atoms with Crippen molar-refractivity contribution < 1.29 is 9.59 Å². The maximum absolute atomic E-state index is 11.1. The lowest BCUT2D eigenvalue weighted by Gasteiger charge is -2.15. The van der Waals surface area contributed by atoms with Crippen molar-refractivity contribution in [2.24, 2.45) is 0 Å². The maximum Gasteiger partial charge on any atom is 0.239 e. The highest BCUT2D eigenvalue weighted by Gasteiger charge is 2.05. The minimum atomic E-state index is -0.247. The lowest BCUT2D eigenvalue weighted by atomic mass is 10.2. The van der Waals surface area contributed by atoms with E-state index in [1.54, 1.807) is 18.0 Å². The Morgan fingerprint density at radius 3 is 2.71 bits per heavy atom. The van der Waals surface area contributed by atoms with Crippen LogP contribution in [0, 0.1) is 0 Å². The van der Waals surface area contributed by atoms with Gasteiger partial charge in [0.25, 0.3) is 0 Å². The number of hydrogen-bond acceptors (Lipinski definition) is 2.